The number of aromatic nitrogens is 2. The van der Waals surface area contributed by atoms with Crippen LogP contribution in [0.1, 0.15) is 19.3 Å². The lowest BCUT2D eigenvalue weighted by atomic mass is 10.0. The van der Waals surface area contributed by atoms with Crippen molar-refractivity contribution in [1.82, 2.24) is 9.78 Å². The van der Waals surface area contributed by atoms with Crippen molar-refractivity contribution >= 4 is 21.6 Å². The maximum Gasteiger partial charge on any atom is 0.283 e. The molecule has 1 fully saturated rings. The van der Waals surface area contributed by atoms with Gasteiger partial charge in [-0.15, -0.1) is 0 Å². The van der Waals surface area contributed by atoms with Crippen LogP contribution in [-0.4, -0.2) is 42.6 Å². The second-order valence-electron chi connectivity index (χ2n) is 4.94. The number of nitrogens with two attached hydrogens (primary N) is 1. The molecular weight excluding hydrogens is 324 g/mol. The second kappa shape index (κ2) is 7.19. The van der Waals surface area contributed by atoms with Crippen LogP contribution in [0.5, 0.6) is 0 Å². The third-order valence-corrected chi connectivity index (χ3v) is 4.43. The number of ether oxygens (including phenoxy) is 1. The van der Waals surface area contributed by atoms with E-state index in [4.69, 9.17) is 10.5 Å². The van der Waals surface area contributed by atoms with Gasteiger partial charge in [-0.05, 0) is 35.2 Å². The molecule has 1 saturated heterocycles. The van der Waals surface area contributed by atoms with E-state index >= 15 is 0 Å². The molecule has 112 valence electrons. The molecule has 0 radical (unpaired) electrons. The van der Waals surface area contributed by atoms with E-state index in [2.05, 4.69) is 25.9 Å². The highest BCUT2D eigenvalue weighted by atomic mass is 79.9. The Morgan fingerprint density at radius 2 is 2.35 bits per heavy atom. The van der Waals surface area contributed by atoms with Crippen LogP contribution in [0.25, 0.3) is 0 Å². The van der Waals surface area contributed by atoms with Crippen LogP contribution in [-0.2, 0) is 11.3 Å². The van der Waals surface area contributed by atoms with E-state index in [-0.39, 0.29) is 11.6 Å². The van der Waals surface area contributed by atoms with Gasteiger partial charge in [0.2, 0.25) is 0 Å². The van der Waals surface area contributed by atoms with Crippen molar-refractivity contribution in [3.63, 3.8) is 0 Å². The predicted octanol–water partition coefficient (Wildman–Crippen LogP) is 0.970. The summed E-state index contributed by atoms with van der Waals surface area (Å²) < 4.78 is 6.95. The zero-order chi connectivity index (χ0) is 14.5. The molecule has 1 aliphatic heterocycles. The summed E-state index contributed by atoms with van der Waals surface area (Å²) >= 11 is 3.42. The van der Waals surface area contributed by atoms with Crippen LogP contribution in [0.15, 0.2) is 15.5 Å². The summed E-state index contributed by atoms with van der Waals surface area (Å²) in [5, 5.41) is 4.23. The average Bonchev–Trinajstić information content (AvgIpc) is 2.49. The first-order valence-corrected chi connectivity index (χ1v) is 7.69. The molecule has 0 spiro atoms. The first-order chi connectivity index (χ1) is 9.69. The molecule has 20 heavy (non-hydrogen) atoms. The normalized spacial score (nSPS) is 19.4. The Balaban J connectivity index is 2.28. The van der Waals surface area contributed by atoms with E-state index in [1.165, 1.54) is 11.1 Å². The fourth-order valence-corrected chi connectivity index (χ4v) is 3.09. The lowest BCUT2D eigenvalue weighted by molar-refractivity contribution is 0.181. The Hall–Kier alpha value is -0.920. The average molecular weight is 345 g/mol. The Bertz CT molecular complexity index is 506. The first-order valence-electron chi connectivity index (χ1n) is 6.90. The minimum absolute atomic E-state index is 0.124. The van der Waals surface area contributed by atoms with E-state index in [1.54, 1.807) is 13.3 Å². The van der Waals surface area contributed by atoms with Gasteiger partial charge in [-0.25, -0.2) is 4.68 Å². The van der Waals surface area contributed by atoms with Crippen molar-refractivity contribution < 1.29 is 4.74 Å². The van der Waals surface area contributed by atoms with Crippen molar-refractivity contribution in [2.24, 2.45) is 5.73 Å². The van der Waals surface area contributed by atoms with Crippen LogP contribution >= 0.6 is 15.9 Å². The first kappa shape index (κ1) is 15.5. The van der Waals surface area contributed by atoms with Gasteiger partial charge in [0.15, 0.2) is 0 Å². The molecule has 0 saturated carbocycles. The van der Waals surface area contributed by atoms with Crippen LogP contribution in [0, 0.1) is 0 Å². The van der Waals surface area contributed by atoms with E-state index < -0.39 is 0 Å². The second-order valence-corrected chi connectivity index (χ2v) is 5.74. The van der Waals surface area contributed by atoms with Gasteiger partial charge in [0.25, 0.3) is 5.56 Å². The van der Waals surface area contributed by atoms with Gasteiger partial charge < -0.3 is 15.4 Å². The Morgan fingerprint density at radius 1 is 1.55 bits per heavy atom. The molecule has 0 bridgehead atoms. The van der Waals surface area contributed by atoms with Crippen molar-refractivity contribution in [2.45, 2.75) is 31.8 Å². The van der Waals surface area contributed by atoms with Crippen molar-refractivity contribution in [3.05, 3.63) is 21.0 Å². The lowest BCUT2D eigenvalue weighted by Gasteiger charge is -2.37. The van der Waals surface area contributed by atoms with Crippen LogP contribution in [0.4, 0.5) is 5.69 Å². The fourth-order valence-electron chi connectivity index (χ4n) is 2.56. The molecule has 1 aromatic rings. The van der Waals surface area contributed by atoms with E-state index in [0.29, 0.717) is 24.2 Å². The van der Waals surface area contributed by atoms with Gasteiger partial charge in [-0.3, -0.25) is 4.79 Å². The minimum Gasteiger partial charge on any atom is -0.383 e. The summed E-state index contributed by atoms with van der Waals surface area (Å²) in [6.07, 6.45) is 5.12. The van der Waals surface area contributed by atoms with E-state index in [9.17, 15) is 4.79 Å². The lowest BCUT2D eigenvalue weighted by Crippen LogP contribution is -2.45. The molecule has 1 aromatic heterocycles. The number of anilines is 1. The smallest absolute Gasteiger partial charge is 0.283 e. The standard InChI is InChI=1S/C13H21BrN4O2/c1-20-7-6-18-13(19)12(14)11(9-16-18)17-5-3-2-4-10(17)8-15/h9-10H,2-8,15H2,1H3. The zero-order valence-corrected chi connectivity index (χ0v) is 13.3. The number of methoxy groups -OCH3 is 1. The molecule has 2 rings (SSSR count). The quantitative estimate of drug-likeness (QED) is 0.861. The number of nitrogens with zero attached hydrogens (tertiary/aromatic N) is 3. The Morgan fingerprint density at radius 3 is 3.05 bits per heavy atom. The number of hydrogen-bond donors (Lipinski definition) is 1. The topological polar surface area (TPSA) is 73.4 Å². The van der Waals surface area contributed by atoms with Gasteiger partial charge >= 0.3 is 0 Å². The van der Waals surface area contributed by atoms with Crippen LogP contribution in [0.3, 0.4) is 0 Å². The van der Waals surface area contributed by atoms with Gasteiger partial charge in [-0.2, -0.15) is 5.10 Å². The van der Waals surface area contributed by atoms with Crippen LogP contribution < -0.4 is 16.2 Å². The summed E-state index contributed by atoms with van der Waals surface area (Å²) in [5.74, 6) is 0. The summed E-state index contributed by atoms with van der Waals surface area (Å²) in [5.41, 5.74) is 6.56. The summed E-state index contributed by atoms with van der Waals surface area (Å²) in [4.78, 5) is 14.5. The van der Waals surface area contributed by atoms with Gasteiger partial charge in [0.05, 0.1) is 25.0 Å². The molecule has 0 aromatic carbocycles. The van der Waals surface area contributed by atoms with Gasteiger partial charge in [0, 0.05) is 26.2 Å². The highest BCUT2D eigenvalue weighted by molar-refractivity contribution is 9.10. The fraction of sp³-hybridized carbons (Fsp3) is 0.692. The third kappa shape index (κ3) is 3.21. The largest absolute Gasteiger partial charge is 0.383 e. The molecule has 1 aliphatic rings. The number of rotatable bonds is 5. The van der Waals surface area contributed by atoms with E-state index in [1.807, 2.05) is 0 Å². The maximum absolute atomic E-state index is 12.3. The SMILES string of the molecule is COCCn1ncc(N2CCCCC2CN)c(Br)c1=O. The molecule has 1 unspecified atom stereocenters. The summed E-state index contributed by atoms with van der Waals surface area (Å²) in [6.45, 7) is 2.44. The number of hydrogen-bond acceptors (Lipinski definition) is 5. The number of piperidine rings is 1. The minimum atomic E-state index is -0.124. The molecule has 0 amide bonds. The van der Waals surface area contributed by atoms with Gasteiger partial charge in [-0.1, -0.05) is 0 Å². The molecule has 7 heteroatoms. The monoisotopic (exact) mass is 344 g/mol. The van der Waals surface area contributed by atoms with Crippen LogP contribution in [0.2, 0.25) is 0 Å². The Kier molecular flexibility index (Phi) is 5.56. The molecule has 2 N–H and O–H groups in total. The number of halogens is 1. The van der Waals surface area contributed by atoms with Gasteiger partial charge in [0.1, 0.15) is 4.47 Å². The molecular formula is C13H21BrN4O2. The molecule has 2 heterocycles. The predicted molar refractivity (Wildman–Crippen MR) is 82.1 cm³/mol. The highest BCUT2D eigenvalue weighted by Gasteiger charge is 2.24. The van der Waals surface area contributed by atoms with Crippen molar-refractivity contribution in [3.8, 4) is 0 Å². The summed E-state index contributed by atoms with van der Waals surface area (Å²) in [6, 6.07) is 0.288. The molecule has 0 aliphatic carbocycles. The Labute approximate surface area is 127 Å². The molecule has 6 nitrogen and oxygen atoms in total. The summed E-state index contributed by atoms with van der Waals surface area (Å²) in [7, 11) is 1.61. The molecule has 1 atom stereocenters. The zero-order valence-electron chi connectivity index (χ0n) is 11.7. The van der Waals surface area contributed by atoms with Crippen molar-refractivity contribution in [1.29, 1.82) is 0 Å². The third-order valence-electron chi connectivity index (χ3n) is 3.68. The highest BCUT2D eigenvalue weighted by Crippen LogP contribution is 2.28. The maximum atomic E-state index is 12.3. The van der Waals surface area contributed by atoms with Crippen molar-refractivity contribution in [2.75, 3.05) is 31.7 Å². The van der Waals surface area contributed by atoms with E-state index in [0.717, 1.165) is 25.1 Å².